The second-order valence-electron chi connectivity index (χ2n) is 3.44. The van der Waals surface area contributed by atoms with Gasteiger partial charge in [0.05, 0.1) is 25.8 Å². The molecule has 1 aromatic rings. The minimum Gasteiger partial charge on any atom is -0.496 e. The van der Waals surface area contributed by atoms with E-state index in [0.717, 1.165) is 0 Å². The molecule has 17 heavy (non-hydrogen) atoms. The van der Waals surface area contributed by atoms with Crippen LogP contribution >= 0.6 is 0 Å². The number of nitrogens with one attached hydrogen (secondary N) is 1. The van der Waals surface area contributed by atoms with Gasteiger partial charge in [0.2, 0.25) is 0 Å². The minimum absolute atomic E-state index is 0.211. The molecule has 0 radical (unpaired) electrons. The van der Waals surface area contributed by atoms with Gasteiger partial charge in [-0.2, -0.15) is 0 Å². The largest absolute Gasteiger partial charge is 0.496 e. The normalized spacial score (nSPS) is 11.1. The average Bonchev–Trinajstić information content (AvgIpc) is 2.36. The molecular formula is C11H14F2N2O2. The summed E-state index contributed by atoms with van der Waals surface area (Å²) in [4.78, 5) is 11.6. The average molecular weight is 244 g/mol. The smallest absolute Gasteiger partial charge is 0.277 e. The van der Waals surface area contributed by atoms with Crippen molar-refractivity contribution >= 4 is 5.91 Å². The number of halogens is 2. The van der Waals surface area contributed by atoms with Crippen molar-refractivity contribution in [1.29, 1.82) is 0 Å². The Morgan fingerprint density at radius 3 is 2.71 bits per heavy atom. The third kappa shape index (κ3) is 3.67. The fraction of sp³-hybridized carbons (Fsp3) is 0.364. The lowest BCUT2D eigenvalue weighted by Gasteiger charge is -2.15. The molecule has 0 fully saturated rings. The number of hydrogen-bond acceptors (Lipinski definition) is 3. The molecule has 1 amide bonds. The van der Waals surface area contributed by atoms with Gasteiger partial charge in [-0.1, -0.05) is 12.1 Å². The topological polar surface area (TPSA) is 64.3 Å². The summed E-state index contributed by atoms with van der Waals surface area (Å²) in [5.41, 5.74) is 5.07. The SMILES string of the molecule is COc1ccccc1C(=O)NCC(F)(F)CN. The van der Waals surface area contributed by atoms with Crippen LogP contribution in [0.1, 0.15) is 10.4 Å². The number of benzene rings is 1. The first-order valence-electron chi connectivity index (χ1n) is 4.99. The summed E-state index contributed by atoms with van der Waals surface area (Å²) in [6, 6.07) is 6.38. The highest BCUT2D eigenvalue weighted by molar-refractivity contribution is 5.96. The molecule has 0 aliphatic carbocycles. The molecule has 0 spiro atoms. The van der Waals surface area contributed by atoms with E-state index in [1.54, 1.807) is 18.2 Å². The van der Waals surface area contributed by atoms with Crippen LogP contribution in [0.3, 0.4) is 0 Å². The van der Waals surface area contributed by atoms with E-state index in [4.69, 9.17) is 10.5 Å². The van der Waals surface area contributed by atoms with E-state index in [2.05, 4.69) is 5.32 Å². The van der Waals surface area contributed by atoms with Gasteiger partial charge in [-0.3, -0.25) is 4.79 Å². The fourth-order valence-electron chi connectivity index (χ4n) is 1.21. The maximum Gasteiger partial charge on any atom is 0.277 e. The summed E-state index contributed by atoms with van der Waals surface area (Å²) >= 11 is 0. The van der Waals surface area contributed by atoms with Crippen LogP contribution in [0, 0.1) is 0 Å². The van der Waals surface area contributed by atoms with Crippen LogP contribution in [0.2, 0.25) is 0 Å². The van der Waals surface area contributed by atoms with E-state index in [-0.39, 0.29) is 5.56 Å². The molecule has 6 heteroatoms. The Morgan fingerprint density at radius 1 is 1.47 bits per heavy atom. The number of hydrogen-bond donors (Lipinski definition) is 2. The van der Waals surface area contributed by atoms with Crippen LogP contribution in [0.5, 0.6) is 5.75 Å². The van der Waals surface area contributed by atoms with Gasteiger partial charge in [0, 0.05) is 0 Å². The number of alkyl halides is 2. The van der Waals surface area contributed by atoms with Gasteiger partial charge in [0.15, 0.2) is 0 Å². The first-order valence-corrected chi connectivity index (χ1v) is 4.99. The van der Waals surface area contributed by atoms with Crippen molar-refractivity contribution in [2.45, 2.75) is 5.92 Å². The maximum atomic E-state index is 12.8. The second kappa shape index (κ2) is 5.58. The van der Waals surface area contributed by atoms with Crippen molar-refractivity contribution in [3.63, 3.8) is 0 Å². The number of carbonyl (C=O) groups excluding carboxylic acids is 1. The summed E-state index contributed by atoms with van der Waals surface area (Å²) in [5.74, 6) is -3.38. The first-order chi connectivity index (χ1) is 8.00. The molecule has 0 unspecified atom stereocenters. The van der Waals surface area contributed by atoms with E-state index in [1.165, 1.54) is 13.2 Å². The van der Waals surface area contributed by atoms with Crippen LogP contribution in [-0.2, 0) is 0 Å². The lowest BCUT2D eigenvalue weighted by atomic mass is 10.2. The van der Waals surface area contributed by atoms with Crippen LogP contribution in [0.25, 0.3) is 0 Å². The molecule has 4 nitrogen and oxygen atoms in total. The first kappa shape index (κ1) is 13.4. The van der Waals surface area contributed by atoms with E-state index in [9.17, 15) is 13.6 Å². The molecule has 0 aliphatic rings. The molecule has 1 rings (SSSR count). The fourth-order valence-corrected chi connectivity index (χ4v) is 1.21. The number of carbonyl (C=O) groups is 1. The Morgan fingerprint density at radius 2 is 2.12 bits per heavy atom. The highest BCUT2D eigenvalue weighted by atomic mass is 19.3. The van der Waals surface area contributed by atoms with Gasteiger partial charge >= 0.3 is 0 Å². The molecule has 0 saturated carbocycles. The number of methoxy groups -OCH3 is 1. The Labute approximate surface area is 97.8 Å². The molecule has 0 atom stereocenters. The van der Waals surface area contributed by atoms with Crippen molar-refractivity contribution in [2.75, 3.05) is 20.2 Å². The van der Waals surface area contributed by atoms with Crippen molar-refractivity contribution < 1.29 is 18.3 Å². The standard InChI is InChI=1S/C11H14F2N2O2/c1-17-9-5-3-2-4-8(9)10(16)15-7-11(12,13)6-14/h2-5H,6-7,14H2,1H3,(H,15,16). The number of ether oxygens (including phenoxy) is 1. The van der Waals surface area contributed by atoms with E-state index < -0.39 is 24.9 Å². The summed E-state index contributed by atoms with van der Waals surface area (Å²) < 4.78 is 30.6. The summed E-state index contributed by atoms with van der Waals surface area (Å²) in [6.45, 7) is -1.60. The quantitative estimate of drug-likeness (QED) is 0.812. The molecule has 0 heterocycles. The highest BCUT2D eigenvalue weighted by Gasteiger charge is 2.27. The Hall–Kier alpha value is -1.69. The third-order valence-corrected chi connectivity index (χ3v) is 2.16. The molecule has 94 valence electrons. The second-order valence-corrected chi connectivity index (χ2v) is 3.44. The number of para-hydroxylation sites is 1. The molecule has 0 aliphatic heterocycles. The zero-order chi connectivity index (χ0) is 12.9. The van der Waals surface area contributed by atoms with Crippen molar-refractivity contribution in [3.05, 3.63) is 29.8 Å². The van der Waals surface area contributed by atoms with Gasteiger partial charge in [-0.25, -0.2) is 8.78 Å². The third-order valence-electron chi connectivity index (χ3n) is 2.16. The van der Waals surface area contributed by atoms with Gasteiger partial charge in [-0.05, 0) is 12.1 Å². The van der Waals surface area contributed by atoms with Crippen molar-refractivity contribution in [2.24, 2.45) is 5.73 Å². The van der Waals surface area contributed by atoms with Crippen molar-refractivity contribution in [1.82, 2.24) is 5.32 Å². The van der Waals surface area contributed by atoms with Gasteiger partial charge in [0.25, 0.3) is 11.8 Å². The van der Waals surface area contributed by atoms with Gasteiger partial charge in [-0.15, -0.1) is 0 Å². The number of nitrogens with two attached hydrogens (primary N) is 1. The summed E-state index contributed by atoms with van der Waals surface area (Å²) in [6.07, 6.45) is 0. The van der Waals surface area contributed by atoms with Crippen LogP contribution in [-0.4, -0.2) is 32.0 Å². The highest BCUT2D eigenvalue weighted by Crippen LogP contribution is 2.17. The van der Waals surface area contributed by atoms with Crippen LogP contribution in [0.15, 0.2) is 24.3 Å². The summed E-state index contributed by atoms with van der Waals surface area (Å²) in [7, 11) is 1.40. The zero-order valence-corrected chi connectivity index (χ0v) is 9.37. The maximum absolute atomic E-state index is 12.8. The van der Waals surface area contributed by atoms with Crippen molar-refractivity contribution in [3.8, 4) is 5.75 Å². The predicted molar refractivity (Wildman–Crippen MR) is 59.3 cm³/mol. The predicted octanol–water partition coefficient (Wildman–Crippen LogP) is 1.02. The Bertz CT molecular complexity index is 397. The lowest BCUT2D eigenvalue weighted by Crippen LogP contribution is -2.41. The van der Waals surface area contributed by atoms with E-state index in [1.807, 2.05) is 0 Å². The minimum atomic E-state index is -3.10. The van der Waals surface area contributed by atoms with E-state index >= 15 is 0 Å². The molecule has 0 saturated heterocycles. The summed E-state index contributed by atoms with van der Waals surface area (Å²) in [5, 5.41) is 2.12. The zero-order valence-electron chi connectivity index (χ0n) is 9.37. The molecule has 3 N–H and O–H groups in total. The lowest BCUT2D eigenvalue weighted by molar-refractivity contribution is 0.0118. The molecule has 0 aromatic heterocycles. The van der Waals surface area contributed by atoms with Crippen LogP contribution < -0.4 is 15.8 Å². The Kier molecular flexibility index (Phi) is 4.39. The van der Waals surface area contributed by atoms with Gasteiger partial charge in [0.1, 0.15) is 5.75 Å². The number of amides is 1. The van der Waals surface area contributed by atoms with Gasteiger partial charge < -0.3 is 15.8 Å². The molecule has 1 aromatic carbocycles. The molecule has 0 bridgehead atoms. The number of rotatable bonds is 5. The molecular weight excluding hydrogens is 230 g/mol. The monoisotopic (exact) mass is 244 g/mol. The Balaban J connectivity index is 2.70. The van der Waals surface area contributed by atoms with E-state index in [0.29, 0.717) is 5.75 Å². The van der Waals surface area contributed by atoms with Crippen LogP contribution in [0.4, 0.5) is 8.78 Å².